The number of allylic oxidation sites excluding steroid dienone is 6. The highest BCUT2D eigenvalue weighted by Crippen LogP contribution is 2.31. The zero-order valence-corrected chi connectivity index (χ0v) is 38.4. The van der Waals surface area contributed by atoms with E-state index in [4.69, 9.17) is 18.9 Å². The number of hydrogen-bond donors (Lipinski definition) is 8. The summed E-state index contributed by atoms with van der Waals surface area (Å²) in [5.41, 5.74) is 1.04. The number of methoxy groups -OCH3 is 2. The van der Waals surface area contributed by atoms with Gasteiger partial charge in [0.25, 0.3) is 0 Å². The van der Waals surface area contributed by atoms with Gasteiger partial charge in [-0.1, -0.05) is 48.6 Å². The molecule has 8 N–H and O–H groups in total. The Hall–Kier alpha value is -7.76. The molecule has 0 radical (unpaired) electrons. The lowest BCUT2D eigenvalue weighted by molar-refractivity contribution is -0.151. The van der Waals surface area contributed by atoms with E-state index in [1.165, 1.54) is 82.7 Å². The van der Waals surface area contributed by atoms with Crippen LogP contribution in [0.1, 0.15) is 47.2 Å². The summed E-state index contributed by atoms with van der Waals surface area (Å²) in [5, 5.41) is 76.5. The van der Waals surface area contributed by atoms with Gasteiger partial charge in [0.15, 0.2) is 34.6 Å². The molecule has 0 aliphatic carbocycles. The molecule has 0 amide bonds. The van der Waals surface area contributed by atoms with E-state index in [1.54, 1.807) is 80.6 Å². The lowest BCUT2D eigenvalue weighted by Crippen LogP contribution is -2.38. The Morgan fingerprint density at radius 3 is 1.28 bits per heavy atom. The fourth-order valence-corrected chi connectivity index (χ4v) is 5.35. The van der Waals surface area contributed by atoms with Crippen LogP contribution in [0.2, 0.25) is 0 Å². The molecule has 0 aromatic heterocycles. The van der Waals surface area contributed by atoms with Crippen molar-refractivity contribution in [3.63, 3.8) is 0 Å². The van der Waals surface area contributed by atoms with Crippen LogP contribution in [-0.4, -0.2) is 105 Å². The maximum Gasteiger partial charge on any atom is 0.322 e. The molecule has 0 saturated heterocycles. The molecular formula is C52H56O16. The topological polar surface area (TPSA) is 267 Å². The second-order valence-corrected chi connectivity index (χ2v) is 15.7. The number of aliphatic hydroxyl groups excluding tert-OH is 6. The van der Waals surface area contributed by atoms with E-state index in [2.05, 4.69) is 0 Å². The number of carbonyl (C=O) groups excluding carboxylic acids is 4. The standard InChI is InChI=1S/C31H36O11.C21H20O5/c1-20-13-21(7-11-25(20)41-28(38)30(2,16-32)17-33)5-9-23(36)15-24(37)10-6-22-8-12-26(27(14-22)40-4)42-29(39)31(3,18-34)19-35;1-14-11-15(5-9-19(14)24)3-7-17(22)13-18(23)8-4-16-6-10-20(25)21(12-16)26-2/h5-15,32-36H,16-19H2,1-4H3;3-13,22,24-25H,1-2H3/b9-5+,10-6+,23-15?;7-3+,8-4+,17-13?. The third kappa shape index (κ3) is 16.3. The molecule has 16 nitrogen and oxygen atoms in total. The molecule has 0 fully saturated rings. The molecule has 4 rings (SSSR count). The smallest absolute Gasteiger partial charge is 0.322 e. The molecule has 0 aliphatic rings. The van der Waals surface area contributed by atoms with E-state index in [0.29, 0.717) is 28.0 Å². The fourth-order valence-electron chi connectivity index (χ4n) is 5.35. The summed E-state index contributed by atoms with van der Waals surface area (Å²) >= 11 is 0. The number of ketones is 2. The quantitative estimate of drug-likeness (QED) is 0.0151. The van der Waals surface area contributed by atoms with Crippen LogP contribution in [-0.2, 0) is 19.2 Å². The van der Waals surface area contributed by atoms with Crippen LogP contribution in [0.15, 0.2) is 121 Å². The van der Waals surface area contributed by atoms with E-state index in [0.717, 1.165) is 23.3 Å². The third-order valence-electron chi connectivity index (χ3n) is 9.95. The zero-order chi connectivity index (χ0) is 50.6. The van der Waals surface area contributed by atoms with Crippen LogP contribution in [0, 0.1) is 24.7 Å². The van der Waals surface area contributed by atoms with E-state index in [-0.39, 0.29) is 46.0 Å². The number of aromatic hydroxyl groups is 2. The molecule has 0 atom stereocenters. The fraction of sp³-hybridized carbons (Fsp3) is 0.231. The molecule has 0 aliphatic heterocycles. The van der Waals surface area contributed by atoms with Gasteiger partial charge in [0.05, 0.1) is 40.6 Å². The maximum atomic E-state index is 12.3. The lowest BCUT2D eigenvalue weighted by Gasteiger charge is -2.22. The van der Waals surface area contributed by atoms with Crippen molar-refractivity contribution < 1.29 is 79.0 Å². The number of phenolic OH excluding ortho intramolecular Hbond substituents is 2. The zero-order valence-electron chi connectivity index (χ0n) is 38.4. The number of aliphatic hydroxyl groups is 6. The van der Waals surface area contributed by atoms with Gasteiger partial charge in [-0.3, -0.25) is 19.2 Å². The van der Waals surface area contributed by atoms with E-state index < -0.39 is 55.0 Å². The van der Waals surface area contributed by atoms with Gasteiger partial charge in [-0.05, 0) is 134 Å². The van der Waals surface area contributed by atoms with Crippen LogP contribution < -0.4 is 18.9 Å². The second kappa shape index (κ2) is 25.8. The first-order valence-electron chi connectivity index (χ1n) is 20.7. The van der Waals surface area contributed by atoms with Gasteiger partial charge in [0, 0.05) is 12.2 Å². The van der Waals surface area contributed by atoms with Crippen molar-refractivity contribution in [3.8, 4) is 34.5 Å². The third-order valence-corrected chi connectivity index (χ3v) is 9.95. The Morgan fingerprint density at radius 2 is 0.853 bits per heavy atom. The molecule has 16 heteroatoms. The van der Waals surface area contributed by atoms with Crippen LogP contribution in [0.5, 0.6) is 34.5 Å². The predicted octanol–water partition coefficient (Wildman–Crippen LogP) is 6.69. The SMILES string of the molecule is COc1cc(/C=C/C(=O)C=C(O)/C=C/c2ccc(O)c(C)c2)ccc1O.COc1cc(/C=C/C(=O)C=C(O)/C=C/c2ccc(OC(=O)C(C)(CO)CO)c(C)c2)ccc1OC(=O)C(C)(CO)CO. The summed E-state index contributed by atoms with van der Waals surface area (Å²) in [7, 11) is 2.80. The van der Waals surface area contributed by atoms with Gasteiger partial charge in [0.1, 0.15) is 33.8 Å². The summed E-state index contributed by atoms with van der Waals surface area (Å²) in [5.74, 6) is -1.97. The first-order valence-corrected chi connectivity index (χ1v) is 20.7. The minimum Gasteiger partial charge on any atom is -0.508 e. The predicted molar refractivity (Wildman–Crippen MR) is 255 cm³/mol. The van der Waals surface area contributed by atoms with E-state index in [1.807, 2.05) is 0 Å². The normalized spacial score (nSPS) is 12.3. The van der Waals surface area contributed by atoms with Gasteiger partial charge in [-0.15, -0.1) is 0 Å². The lowest BCUT2D eigenvalue weighted by atomic mass is 9.93. The molecule has 4 aromatic rings. The molecule has 68 heavy (non-hydrogen) atoms. The van der Waals surface area contributed by atoms with Crippen molar-refractivity contribution >= 4 is 47.8 Å². The average Bonchev–Trinajstić information content (AvgIpc) is 3.33. The van der Waals surface area contributed by atoms with Crippen LogP contribution in [0.3, 0.4) is 0 Å². The number of aryl methyl sites for hydroxylation is 2. The van der Waals surface area contributed by atoms with Crippen molar-refractivity contribution in [2.75, 3.05) is 40.6 Å². The first kappa shape index (κ1) is 54.6. The number of rotatable bonds is 20. The van der Waals surface area contributed by atoms with Crippen molar-refractivity contribution in [1.82, 2.24) is 0 Å². The molecule has 4 aromatic carbocycles. The van der Waals surface area contributed by atoms with Gasteiger partial charge in [0.2, 0.25) is 0 Å². The largest absolute Gasteiger partial charge is 0.508 e. The summed E-state index contributed by atoms with van der Waals surface area (Å²) in [4.78, 5) is 48.8. The molecule has 0 saturated carbocycles. The molecule has 0 unspecified atom stereocenters. The van der Waals surface area contributed by atoms with Crippen molar-refractivity contribution in [2.45, 2.75) is 27.7 Å². The van der Waals surface area contributed by atoms with Gasteiger partial charge < -0.3 is 59.8 Å². The number of carbonyl (C=O) groups is 4. The maximum absolute atomic E-state index is 12.3. The number of benzene rings is 4. The second-order valence-electron chi connectivity index (χ2n) is 15.7. The molecule has 0 heterocycles. The highest BCUT2D eigenvalue weighted by Gasteiger charge is 2.35. The highest BCUT2D eigenvalue weighted by atomic mass is 16.6. The number of hydrogen-bond acceptors (Lipinski definition) is 16. The van der Waals surface area contributed by atoms with E-state index >= 15 is 0 Å². The Kier molecular flexibility index (Phi) is 20.7. The van der Waals surface area contributed by atoms with Crippen LogP contribution in [0.25, 0.3) is 24.3 Å². The van der Waals surface area contributed by atoms with Gasteiger partial charge >= 0.3 is 11.9 Å². The van der Waals surface area contributed by atoms with Crippen LogP contribution in [0.4, 0.5) is 0 Å². The monoisotopic (exact) mass is 936 g/mol. The Bertz CT molecular complexity index is 2610. The summed E-state index contributed by atoms with van der Waals surface area (Å²) in [6, 6.07) is 19.1. The van der Waals surface area contributed by atoms with Crippen LogP contribution >= 0.6 is 0 Å². The Labute approximate surface area is 393 Å². The molecule has 0 bridgehead atoms. The van der Waals surface area contributed by atoms with Crippen molar-refractivity contribution in [3.05, 3.63) is 154 Å². The van der Waals surface area contributed by atoms with Crippen molar-refractivity contribution in [1.29, 1.82) is 0 Å². The molecule has 0 spiro atoms. The van der Waals surface area contributed by atoms with Gasteiger partial charge in [-0.25, -0.2) is 0 Å². The highest BCUT2D eigenvalue weighted by molar-refractivity contribution is 6.03. The summed E-state index contributed by atoms with van der Waals surface area (Å²) < 4.78 is 20.8. The minimum absolute atomic E-state index is 0.0168. The van der Waals surface area contributed by atoms with E-state index in [9.17, 15) is 60.0 Å². The average molecular weight is 937 g/mol. The first-order chi connectivity index (χ1) is 32.2. The summed E-state index contributed by atoms with van der Waals surface area (Å²) in [6.45, 7) is 3.85. The number of phenols is 2. The van der Waals surface area contributed by atoms with Gasteiger partial charge in [-0.2, -0.15) is 0 Å². The molecular weight excluding hydrogens is 881 g/mol. The van der Waals surface area contributed by atoms with Crippen molar-refractivity contribution in [2.24, 2.45) is 10.8 Å². The number of esters is 2. The minimum atomic E-state index is -1.49. The molecule has 360 valence electrons. The summed E-state index contributed by atoms with van der Waals surface area (Å²) in [6.07, 6.45) is 13.6. The Morgan fingerprint density at radius 1 is 0.485 bits per heavy atom. The number of ether oxygens (including phenoxy) is 4. The Balaban J connectivity index is 0.000000402.